The highest BCUT2D eigenvalue weighted by Crippen LogP contribution is 2.26. The molecule has 0 bridgehead atoms. The van der Waals surface area contributed by atoms with E-state index in [9.17, 15) is 8.78 Å². The van der Waals surface area contributed by atoms with Crippen LogP contribution in [0, 0.1) is 0 Å². The van der Waals surface area contributed by atoms with Gasteiger partial charge in [0.15, 0.2) is 5.96 Å². The molecule has 1 aromatic rings. The molecule has 1 aliphatic heterocycles. The van der Waals surface area contributed by atoms with Crippen LogP contribution in [-0.4, -0.2) is 70.5 Å². The third kappa shape index (κ3) is 9.13. The number of guanidine groups is 1. The lowest BCUT2D eigenvalue weighted by Crippen LogP contribution is -2.38. The summed E-state index contributed by atoms with van der Waals surface area (Å²) in [6.07, 6.45) is 2.94. The first kappa shape index (κ1) is 24.1. The predicted octanol–water partition coefficient (Wildman–Crippen LogP) is 2.85. The Hall–Kier alpha value is -2.13. The second-order valence-electron chi connectivity index (χ2n) is 7.01. The largest absolute Gasteiger partial charge is 0.493 e. The topological polar surface area (TPSA) is 67.4 Å². The Kier molecular flexibility index (Phi) is 11.2. The SMILES string of the molecule is CCCOc1ccc(CNC(=NC)NCCCCN2CCOCC2)c(OC(F)F)c1. The van der Waals surface area contributed by atoms with E-state index in [4.69, 9.17) is 9.47 Å². The molecule has 0 amide bonds. The third-order valence-corrected chi connectivity index (χ3v) is 4.69. The van der Waals surface area contributed by atoms with E-state index in [1.165, 1.54) is 6.07 Å². The molecule has 1 aromatic carbocycles. The minimum atomic E-state index is -2.89. The van der Waals surface area contributed by atoms with E-state index >= 15 is 0 Å². The number of ether oxygens (including phenoxy) is 3. The number of unbranched alkanes of at least 4 members (excludes halogenated alkanes) is 1. The Morgan fingerprint density at radius 2 is 2.03 bits per heavy atom. The zero-order valence-electron chi connectivity index (χ0n) is 18.0. The predicted molar refractivity (Wildman–Crippen MR) is 114 cm³/mol. The standard InChI is InChI=1S/C21H34F2N4O3/c1-3-12-29-18-7-6-17(19(15-18)30-20(22)23)16-26-21(24-2)25-8-4-5-9-27-10-13-28-14-11-27/h6-7,15,20H,3-5,8-14,16H2,1-2H3,(H2,24,25,26). The highest BCUT2D eigenvalue weighted by molar-refractivity contribution is 5.79. The first-order valence-electron chi connectivity index (χ1n) is 10.6. The molecular weight excluding hydrogens is 394 g/mol. The van der Waals surface area contributed by atoms with Crippen molar-refractivity contribution in [3.05, 3.63) is 23.8 Å². The van der Waals surface area contributed by atoms with Crippen molar-refractivity contribution in [2.75, 3.05) is 53.0 Å². The van der Waals surface area contributed by atoms with Gasteiger partial charge in [-0.15, -0.1) is 0 Å². The lowest BCUT2D eigenvalue weighted by Gasteiger charge is -2.26. The van der Waals surface area contributed by atoms with Gasteiger partial charge in [0.05, 0.1) is 19.8 Å². The summed E-state index contributed by atoms with van der Waals surface area (Å²) >= 11 is 0. The summed E-state index contributed by atoms with van der Waals surface area (Å²) in [6.45, 7) is 5.41. The second-order valence-corrected chi connectivity index (χ2v) is 7.01. The van der Waals surface area contributed by atoms with Gasteiger partial charge in [0.1, 0.15) is 11.5 Å². The van der Waals surface area contributed by atoms with E-state index in [2.05, 4.69) is 25.3 Å². The fraction of sp³-hybridized carbons (Fsp3) is 0.667. The van der Waals surface area contributed by atoms with E-state index in [0.29, 0.717) is 30.4 Å². The normalized spacial score (nSPS) is 15.3. The molecular formula is C21H34F2N4O3. The molecule has 2 N–H and O–H groups in total. The maximum Gasteiger partial charge on any atom is 0.387 e. The Balaban J connectivity index is 1.77. The van der Waals surface area contributed by atoms with Gasteiger partial charge in [0, 0.05) is 44.9 Å². The van der Waals surface area contributed by atoms with Crippen LogP contribution in [0.2, 0.25) is 0 Å². The van der Waals surface area contributed by atoms with Gasteiger partial charge in [-0.25, -0.2) is 0 Å². The summed E-state index contributed by atoms with van der Waals surface area (Å²) in [5.41, 5.74) is 0.606. The van der Waals surface area contributed by atoms with Crippen molar-refractivity contribution >= 4 is 5.96 Å². The molecule has 0 spiro atoms. The molecule has 0 aromatic heterocycles. The highest BCUT2D eigenvalue weighted by Gasteiger charge is 2.12. The molecule has 0 saturated carbocycles. The van der Waals surface area contributed by atoms with Gasteiger partial charge in [-0.05, 0) is 37.9 Å². The van der Waals surface area contributed by atoms with Crippen LogP contribution in [-0.2, 0) is 11.3 Å². The molecule has 30 heavy (non-hydrogen) atoms. The van der Waals surface area contributed by atoms with Crippen molar-refractivity contribution in [1.29, 1.82) is 0 Å². The number of hydrogen-bond acceptors (Lipinski definition) is 5. The minimum absolute atomic E-state index is 0.104. The van der Waals surface area contributed by atoms with Gasteiger partial charge in [0.2, 0.25) is 0 Å². The van der Waals surface area contributed by atoms with Crippen molar-refractivity contribution < 1.29 is 23.0 Å². The fourth-order valence-corrected chi connectivity index (χ4v) is 3.09. The molecule has 0 radical (unpaired) electrons. The lowest BCUT2D eigenvalue weighted by atomic mass is 10.2. The summed E-state index contributed by atoms with van der Waals surface area (Å²) in [6, 6.07) is 4.98. The van der Waals surface area contributed by atoms with Gasteiger partial charge in [-0.3, -0.25) is 9.89 Å². The number of alkyl halides is 2. The fourth-order valence-electron chi connectivity index (χ4n) is 3.09. The van der Waals surface area contributed by atoms with E-state index in [1.54, 1.807) is 19.2 Å². The number of morpholine rings is 1. The van der Waals surface area contributed by atoms with E-state index in [0.717, 1.165) is 58.7 Å². The molecule has 0 aliphatic carbocycles. The Labute approximate surface area is 177 Å². The van der Waals surface area contributed by atoms with Crippen molar-refractivity contribution in [3.8, 4) is 11.5 Å². The summed E-state index contributed by atoms with van der Waals surface area (Å²) in [4.78, 5) is 6.60. The molecule has 7 nitrogen and oxygen atoms in total. The molecule has 170 valence electrons. The van der Waals surface area contributed by atoms with Crippen LogP contribution in [0.5, 0.6) is 11.5 Å². The van der Waals surface area contributed by atoms with Crippen molar-refractivity contribution in [2.45, 2.75) is 39.3 Å². The van der Waals surface area contributed by atoms with Gasteiger partial charge in [-0.2, -0.15) is 8.78 Å². The van der Waals surface area contributed by atoms with Gasteiger partial charge >= 0.3 is 6.61 Å². The number of aliphatic imine (C=N–C) groups is 1. The number of halogens is 2. The molecule has 2 rings (SSSR count). The molecule has 0 unspecified atom stereocenters. The van der Waals surface area contributed by atoms with Crippen LogP contribution in [0.4, 0.5) is 8.78 Å². The average Bonchev–Trinajstić information content (AvgIpc) is 2.75. The molecule has 1 fully saturated rings. The summed E-state index contributed by atoms with van der Waals surface area (Å²) in [5.74, 6) is 1.24. The zero-order valence-corrected chi connectivity index (χ0v) is 18.0. The number of rotatable bonds is 12. The van der Waals surface area contributed by atoms with Crippen LogP contribution in [0.25, 0.3) is 0 Å². The monoisotopic (exact) mass is 428 g/mol. The lowest BCUT2D eigenvalue weighted by molar-refractivity contribution is -0.0505. The van der Waals surface area contributed by atoms with Crippen molar-refractivity contribution in [2.24, 2.45) is 4.99 Å². The Morgan fingerprint density at radius 1 is 1.23 bits per heavy atom. The van der Waals surface area contributed by atoms with Gasteiger partial charge in [-0.1, -0.05) is 6.92 Å². The molecule has 1 heterocycles. The second kappa shape index (κ2) is 14.0. The Bertz CT molecular complexity index is 641. The first-order chi connectivity index (χ1) is 14.6. The maximum atomic E-state index is 12.8. The first-order valence-corrected chi connectivity index (χ1v) is 10.6. The number of hydrogen-bond donors (Lipinski definition) is 2. The van der Waals surface area contributed by atoms with E-state index < -0.39 is 6.61 Å². The van der Waals surface area contributed by atoms with Crippen LogP contribution < -0.4 is 20.1 Å². The number of benzene rings is 1. The van der Waals surface area contributed by atoms with E-state index in [1.807, 2.05) is 6.92 Å². The maximum absolute atomic E-state index is 12.8. The van der Waals surface area contributed by atoms with Crippen molar-refractivity contribution in [3.63, 3.8) is 0 Å². The van der Waals surface area contributed by atoms with Crippen LogP contribution in [0.1, 0.15) is 31.7 Å². The van der Waals surface area contributed by atoms with Crippen LogP contribution >= 0.6 is 0 Å². The number of nitrogens with zero attached hydrogens (tertiary/aromatic N) is 2. The summed E-state index contributed by atoms with van der Waals surface area (Å²) in [7, 11) is 1.68. The average molecular weight is 429 g/mol. The Morgan fingerprint density at radius 3 is 2.73 bits per heavy atom. The van der Waals surface area contributed by atoms with Crippen LogP contribution in [0.3, 0.4) is 0 Å². The number of nitrogens with one attached hydrogen (secondary N) is 2. The van der Waals surface area contributed by atoms with Gasteiger partial charge < -0.3 is 24.8 Å². The smallest absolute Gasteiger partial charge is 0.387 e. The highest BCUT2D eigenvalue weighted by atomic mass is 19.3. The molecule has 9 heteroatoms. The molecule has 0 atom stereocenters. The third-order valence-electron chi connectivity index (χ3n) is 4.69. The molecule has 1 saturated heterocycles. The van der Waals surface area contributed by atoms with Gasteiger partial charge in [0.25, 0.3) is 0 Å². The minimum Gasteiger partial charge on any atom is -0.493 e. The zero-order chi connectivity index (χ0) is 21.6. The quantitative estimate of drug-likeness (QED) is 0.303. The van der Waals surface area contributed by atoms with Crippen LogP contribution in [0.15, 0.2) is 23.2 Å². The van der Waals surface area contributed by atoms with Crippen molar-refractivity contribution in [1.82, 2.24) is 15.5 Å². The summed E-state index contributed by atoms with van der Waals surface area (Å²) < 4.78 is 41.1. The summed E-state index contributed by atoms with van der Waals surface area (Å²) in [5, 5.41) is 6.41. The molecule has 1 aliphatic rings. The van der Waals surface area contributed by atoms with E-state index in [-0.39, 0.29) is 5.75 Å².